The van der Waals surface area contributed by atoms with Gasteiger partial charge in [-0.25, -0.2) is 13.1 Å². The van der Waals surface area contributed by atoms with E-state index in [1.165, 1.54) is 12.7 Å². The molecule has 0 atom stereocenters. The Hall–Kier alpha value is -1.89. The van der Waals surface area contributed by atoms with Crippen LogP contribution in [0.3, 0.4) is 0 Å². The second-order valence-electron chi connectivity index (χ2n) is 6.96. The van der Waals surface area contributed by atoms with Crippen molar-refractivity contribution in [1.29, 1.82) is 0 Å². The largest absolute Gasteiger partial charge is 0.496 e. The van der Waals surface area contributed by atoms with Gasteiger partial charge in [0.05, 0.1) is 18.6 Å². The van der Waals surface area contributed by atoms with Crippen molar-refractivity contribution < 1.29 is 17.9 Å². The fourth-order valence-corrected chi connectivity index (χ4v) is 4.09. The van der Waals surface area contributed by atoms with E-state index in [1.54, 1.807) is 32.4 Å². The number of aliphatic imine (C=N–C) groups is 1. The van der Waals surface area contributed by atoms with E-state index in [9.17, 15) is 8.42 Å². The molecule has 2 rings (SSSR count). The molecule has 8 nitrogen and oxygen atoms in total. The van der Waals surface area contributed by atoms with Crippen LogP contribution in [0.2, 0.25) is 0 Å². The number of ether oxygens (including phenoxy) is 2. The molecule has 0 radical (unpaired) electrons. The molecule has 0 heterocycles. The van der Waals surface area contributed by atoms with Crippen molar-refractivity contribution in [2.75, 3.05) is 41.0 Å². The van der Waals surface area contributed by atoms with E-state index in [1.807, 2.05) is 18.2 Å². The third-order valence-electron chi connectivity index (χ3n) is 4.61. The molecule has 0 aliphatic rings. The zero-order valence-electron chi connectivity index (χ0n) is 19.0. The van der Waals surface area contributed by atoms with Gasteiger partial charge in [-0.1, -0.05) is 29.8 Å². The molecular formula is C22H33IN4O4S. The maximum absolute atomic E-state index is 12.4. The first-order valence-corrected chi connectivity index (χ1v) is 11.5. The summed E-state index contributed by atoms with van der Waals surface area (Å²) in [6, 6.07) is 12.9. The number of methoxy groups -OCH3 is 2. The lowest BCUT2D eigenvalue weighted by Crippen LogP contribution is -2.38. The first kappa shape index (κ1) is 28.1. The van der Waals surface area contributed by atoms with Crippen LogP contribution in [0.15, 0.2) is 52.4 Å². The van der Waals surface area contributed by atoms with Gasteiger partial charge in [0, 0.05) is 33.8 Å². The van der Waals surface area contributed by atoms with Crippen LogP contribution in [0.5, 0.6) is 5.75 Å². The number of guanidine groups is 1. The van der Waals surface area contributed by atoms with Crippen LogP contribution >= 0.6 is 24.0 Å². The topological polar surface area (TPSA) is 101 Å². The van der Waals surface area contributed by atoms with E-state index >= 15 is 0 Å². The minimum atomic E-state index is -3.57. The van der Waals surface area contributed by atoms with Gasteiger partial charge >= 0.3 is 0 Å². The highest BCUT2D eigenvalue weighted by atomic mass is 127. The summed E-state index contributed by atoms with van der Waals surface area (Å²) in [6.45, 7) is 3.71. The summed E-state index contributed by atoms with van der Waals surface area (Å²) in [5.74, 6) is 1.51. The molecule has 178 valence electrons. The highest BCUT2D eigenvalue weighted by molar-refractivity contribution is 14.0. The first-order chi connectivity index (χ1) is 14.9. The van der Waals surface area contributed by atoms with Gasteiger partial charge in [0.15, 0.2) is 5.96 Å². The number of sulfonamides is 1. The van der Waals surface area contributed by atoms with Crippen LogP contribution in [0.25, 0.3) is 0 Å². The lowest BCUT2D eigenvalue weighted by atomic mass is 10.1. The van der Waals surface area contributed by atoms with Crippen LogP contribution < -0.4 is 20.1 Å². The van der Waals surface area contributed by atoms with Crippen molar-refractivity contribution in [3.63, 3.8) is 0 Å². The van der Waals surface area contributed by atoms with Crippen molar-refractivity contribution in [3.05, 3.63) is 59.2 Å². The molecule has 0 aliphatic carbocycles. The molecule has 2 aromatic carbocycles. The van der Waals surface area contributed by atoms with Crippen molar-refractivity contribution in [3.8, 4) is 5.75 Å². The van der Waals surface area contributed by atoms with Gasteiger partial charge < -0.3 is 20.1 Å². The summed E-state index contributed by atoms with van der Waals surface area (Å²) in [4.78, 5) is 4.45. The second-order valence-corrected chi connectivity index (χ2v) is 8.72. The predicted molar refractivity (Wildman–Crippen MR) is 139 cm³/mol. The van der Waals surface area contributed by atoms with E-state index in [2.05, 4.69) is 33.3 Å². The first-order valence-electron chi connectivity index (χ1n) is 10.0. The van der Waals surface area contributed by atoms with Gasteiger partial charge in [-0.3, -0.25) is 4.99 Å². The van der Waals surface area contributed by atoms with Crippen molar-refractivity contribution >= 4 is 40.0 Å². The number of benzene rings is 2. The molecule has 32 heavy (non-hydrogen) atoms. The van der Waals surface area contributed by atoms with Gasteiger partial charge in [0.2, 0.25) is 10.0 Å². The fourth-order valence-electron chi connectivity index (χ4n) is 3.01. The SMILES string of the molecule is CN=C(NCCc1cc(C)ccc1OC)NCc1cccc(S(=O)(=O)NCCOC)c1.I. The minimum absolute atomic E-state index is 0. The fraction of sp³-hybridized carbons (Fsp3) is 0.409. The highest BCUT2D eigenvalue weighted by Crippen LogP contribution is 2.19. The zero-order chi connectivity index (χ0) is 22.7. The Labute approximate surface area is 208 Å². The molecule has 0 bridgehead atoms. The van der Waals surface area contributed by atoms with Crippen molar-refractivity contribution in [1.82, 2.24) is 15.4 Å². The molecule has 0 fully saturated rings. The molecular weight excluding hydrogens is 543 g/mol. The molecule has 0 aliphatic heterocycles. The number of nitrogens with zero attached hydrogens (tertiary/aromatic N) is 1. The maximum Gasteiger partial charge on any atom is 0.240 e. The third-order valence-corrected chi connectivity index (χ3v) is 6.07. The summed E-state index contributed by atoms with van der Waals surface area (Å²) < 4.78 is 37.6. The van der Waals surface area contributed by atoms with Gasteiger partial charge in [-0.15, -0.1) is 24.0 Å². The van der Waals surface area contributed by atoms with E-state index in [4.69, 9.17) is 9.47 Å². The normalized spacial score (nSPS) is 11.6. The van der Waals surface area contributed by atoms with Gasteiger partial charge in [-0.2, -0.15) is 0 Å². The Balaban J connectivity index is 0.00000512. The van der Waals surface area contributed by atoms with Crippen molar-refractivity contribution in [2.24, 2.45) is 4.99 Å². The Kier molecular flexibility index (Phi) is 12.6. The average Bonchev–Trinajstić information content (AvgIpc) is 2.76. The molecule has 10 heteroatoms. The molecule has 0 saturated carbocycles. The molecule has 0 spiro atoms. The second kappa shape index (κ2) is 14.3. The lowest BCUT2D eigenvalue weighted by Gasteiger charge is -2.14. The third kappa shape index (κ3) is 8.93. The van der Waals surface area contributed by atoms with Crippen LogP contribution in [-0.4, -0.2) is 55.3 Å². The van der Waals surface area contributed by atoms with Gasteiger partial charge in [-0.05, 0) is 42.7 Å². The van der Waals surface area contributed by atoms with Crippen molar-refractivity contribution in [2.45, 2.75) is 24.8 Å². The summed E-state index contributed by atoms with van der Waals surface area (Å²) in [6.07, 6.45) is 0.784. The lowest BCUT2D eigenvalue weighted by molar-refractivity contribution is 0.204. The number of hydrogen-bond acceptors (Lipinski definition) is 5. The molecule has 2 aromatic rings. The Bertz CT molecular complexity index is 984. The van der Waals surface area contributed by atoms with E-state index in [0.717, 1.165) is 23.3 Å². The highest BCUT2D eigenvalue weighted by Gasteiger charge is 2.13. The standard InChI is InChI=1S/C22H32N4O4S.HI/c1-17-8-9-21(30-4)19(14-17)10-11-24-22(23-2)25-16-18-6-5-7-20(15-18)31(27,28)26-12-13-29-3;/h5-9,14-15,26H,10-13,16H2,1-4H3,(H2,23,24,25);1H. The van der Waals surface area contributed by atoms with E-state index in [-0.39, 0.29) is 35.4 Å². The summed E-state index contributed by atoms with van der Waals surface area (Å²) in [5.41, 5.74) is 3.15. The number of halogens is 1. The Morgan fingerprint density at radius 1 is 1.06 bits per heavy atom. The monoisotopic (exact) mass is 576 g/mol. The molecule has 0 saturated heterocycles. The van der Waals surface area contributed by atoms with Crippen LogP contribution in [0, 0.1) is 6.92 Å². The zero-order valence-corrected chi connectivity index (χ0v) is 22.1. The molecule has 0 aromatic heterocycles. The molecule has 0 unspecified atom stereocenters. The maximum atomic E-state index is 12.4. The van der Waals surface area contributed by atoms with Gasteiger partial charge in [0.1, 0.15) is 5.75 Å². The summed E-state index contributed by atoms with van der Waals surface area (Å²) in [7, 11) is 1.32. The number of hydrogen-bond donors (Lipinski definition) is 3. The van der Waals surface area contributed by atoms with E-state index in [0.29, 0.717) is 25.7 Å². The Morgan fingerprint density at radius 2 is 1.84 bits per heavy atom. The minimum Gasteiger partial charge on any atom is -0.496 e. The molecule has 3 N–H and O–H groups in total. The van der Waals surface area contributed by atoms with Crippen LogP contribution in [0.4, 0.5) is 0 Å². The smallest absolute Gasteiger partial charge is 0.240 e. The number of aryl methyl sites for hydroxylation is 1. The molecule has 0 amide bonds. The van der Waals surface area contributed by atoms with Gasteiger partial charge in [0.25, 0.3) is 0 Å². The number of rotatable bonds is 11. The van der Waals surface area contributed by atoms with Crippen LogP contribution in [0.1, 0.15) is 16.7 Å². The quantitative estimate of drug-likeness (QED) is 0.165. The van der Waals surface area contributed by atoms with Crippen LogP contribution in [-0.2, 0) is 27.7 Å². The number of nitrogens with one attached hydrogen (secondary N) is 3. The summed E-state index contributed by atoms with van der Waals surface area (Å²) in [5, 5.41) is 6.49. The predicted octanol–water partition coefficient (Wildman–Crippen LogP) is 2.45. The summed E-state index contributed by atoms with van der Waals surface area (Å²) >= 11 is 0. The Morgan fingerprint density at radius 3 is 2.53 bits per heavy atom. The average molecular weight is 577 g/mol. The van der Waals surface area contributed by atoms with E-state index < -0.39 is 10.0 Å².